The monoisotopic (exact) mass is 298 g/mol. The first-order valence-electron chi connectivity index (χ1n) is 6.88. The molecule has 1 rings (SSSR count). The highest BCUT2D eigenvalue weighted by atomic mass is 32.1. The van der Waals surface area contributed by atoms with Gasteiger partial charge >= 0.3 is 5.69 Å². The molecule has 0 aliphatic rings. The summed E-state index contributed by atoms with van der Waals surface area (Å²) in [4.78, 5) is 24.6. The Morgan fingerprint density at radius 2 is 1.60 bits per heavy atom. The van der Waals surface area contributed by atoms with E-state index in [2.05, 4.69) is 0 Å². The van der Waals surface area contributed by atoms with Gasteiger partial charge in [0.2, 0.25) is 0 Å². The maximum absolute atomic E-state index is 12.4. The van der Waals surface area contributed by atoms with Crippen LogP contribution in [0, 0.1) is 0 Å². The van der Waals surface area contributed by atoms with Crippen molar-refractivity contribution in [3.8, 4) is 0 Å². The number of nitrogens with zero attached hydrogens (tertiary/aromatic N) is 2. The zero-order valence-electron chi connectivity index (χ0n) is 12.0. The van der Waals surface area contributed by atoms with Crippen molar-refractivity contribution in [2.75, 3.05) is 5.73 Å². The molecule has 0 fully saturated rings. The number of aromatic nitrogens is 2. The van der Waals surface area contributed by atoms with E-state index >= 15 is 0 Å². The normalized spacial score (nSPS) is 10.7. The summed E-state index contributed by atoms with van der Waals surface area (Å²) in [6, 6.07) is 0. The second kappa shape index (κ2) is 7.23. The van der Waals surface area contributed by atoms with Crippen LogP contribution in [-0.4, -0.2) is 14.1 Å². The first-order valence-corrected chi connectivity index (χ1v) is 7.29. The molecular weight excluding hydrogens is 276 g/mol. The maximum atomic E-state index is 12.4. The lowest BCUT2D eigenvalue weighted by molar-refractivity contribution is 0.521. The number of anilines is 1. The van der Waals surface area contributed by atoms with E-state index in [-0.39, 0.29) is 22.1 Å². The van der Waals surface area contributed by atoms with Crippen molar-refractivity contribution in [3.05, 3.63) is 26.4 Å². The molecule has 0 aromatic carbocycles. The Labute approximate surface area is 123 Å². The Morgan fingerprint density at radius 1 is 1.10 bits per heavy atom. The van der Waals surface area contributed by atoms with Crippen molar-refractivity contribution in [2.24, 2.45) is 5.73 Å². The van der Waals surface area contributed by atoms with Gasteiger partial charge in [-0.05, 0) is 12.8 Å². The molecule has 0 spiro atoms. The summed E-state index contributed by atoms with van der Waals surface area (Å²) in [5, 5.41) is 0. The second-order valence-electron chi connectivity index (χ2n) is 4.72. The molecule has 0 atom stereocenters. The zero-order chi connectivity index (χ0) is 15.3. The van der Waals surface area contributed by atoms with Crippen molar-refractivity contribution in [2.45, 2.75) is 52.6 Å². The summed E-state index contributed by atoms with van der Waals surface area (Å²) in [6.07, 6.45) is 3.34. The third kappa shape index (κ3) is 3.27. The van der Waals surface area contributed by atoms with E-state index < -0.39 is 5.56 Å². The Hall–Kier alpha value is -1.63. The van der Waals surface area contributed by atoms with Gasteiger partial charge in [0.25, 0.3) is 5.56 Å². The molecule has 0 radical (unpaired) electrons. The number of rotatable bonds is 7. The Kier molecular flexibility index (Phi) is 5.94. The first-order chi connectivity index (χ1) is 9.45. The lowest BCUT2D eigenvalue weighted by atomic mass is 10.2. The van der Waals surface area contributed by atoms with Gasteiger partial charge < -0.3 is 11.5 Å². The van der Waals surface area contributed by atoms with Crippen LogP contribution in [0.5, 0.6) is 0 Å². The molecule has 1 heterocycles. The molecule has 0 amide bonds. The van der Waals surface area contributed by atoms with Gasteiger partial charge in [0.1, 0.15) is 16.4 Å². The van der Waals surface area contributed by atoms with Gasteiger partial charge in [-0.15, -0.1) is 0 Å². The Balaban J connectivity index is 3.52. The van der Waals surface area contributed by atoms with Crippen molar-refractivity contribution < 1.29 is 0 Å². The smallest absolute Gasteiger partial charge is 0.332 e. The Bertz CT molecular complexity index is 604. The minimum Gasteiger partial charge on any atom is -0.389 e. The molecular formula is C13H22N4O2S. The van der Waals surface area contributed by atoms with Gasteiger partial charge in [-0.25, -0.2) is 4.79 Å². The third-order valence-corrected chi connectivity index (χ3v) is 3.39. The van der Waals surface area contributed by atoms with Crippen LogP contribution in [-0.2, 0) is 13.1 Å². The van der Waals surface area contributed by atoms with Crippen molar-refractivity contribution in [1.29, 1.82) is 0 Å². The highest BCUT2D eigenvalue weighted by molar-refractivity contribution is 7.80. The highest BCUT2D eigenvalue weighted by Crippen LogP contribution is 2.06. The number of nitrogens with two attached hydrogens (primary N) is 2. The van der Waals surface area contributed by atoms with Crippen molar-refractivity contribution in [1.82, 2.24) is 9.13 Å². The van der Waals surface area contributed by atoms with Gasteiger partial charge in [0.05, 0.1) is 0 Å². The van der Waals surface area contributed by atoms with E-state index in [1.165, 1.54) is 9.13 Å². The molecule has 1 aromatic rings. The van der Waals surface area contributed by atoms with Crippen LogP contribution in [0.15, 0.2) is 9.59 Å². The summed E-state index contributed by atoms with van der Waals surface area (Å²) in [5.41, 5.74) is 10.7. The van der Waals surface area contributed by atoms with E-state index in [9.17, 15) is 9.59 Å². The number of nitrogen functional groups attached to an aromatic ring is 1. The van der Waals surface area contributed by atoms with Gasteiger partial charge in [0.15, 0.2) is 0 Å². The highest BCUT2D eigenvalue weighted by Gasteiger charge is 2.18. The average Bonchev–Trinajstić information content (AvgIpc) is 2.38. The zero-order valence-corrected chi connectivity index (χ0v) is 12.8. The predicted octanol–water partition coefficient (Wildman–Crippen LogP) is 0.827. The largest absolute Gasteiger partial charge is 0.389 e. The van der Waals surface area contributed by atoms with E-state index in [4.69, 9.17) is 23.7 Å². The topological polar surface area (TPSA) is 96.0 Å². The first kappa shape index (κ1) is 16.4. The fraction of sp³-hybridized carbons (Fsp3) is 0.615. The van der Waals surface area contributed by atoms with Crippen LogP contribution in [0.1, 0.15) is 45.1 Å². The lowest BCUT2D eigenvalue weighted by Gasteiger charge is -2.15. The molecule has 6 nitrogen and oxygen atoms in total. The molecule has 4 N–H and O–H groups in total. The number of hydrogen-bond acceptors (Lipinski definition) is 4. The van der Waals surface area contributed by atoms with Gasteiger partial charge in [-0.3, -0.25) is 13.9 Å². The molecule has 7 heteroatoms. The fourth-order valence-corrected chi connectivity index (χ4v) is 2.18. The molecule has 112 valence electrons. The fourth-order valence-electron chi connectivity index (χ4n) is 1.99. The lowest BCUT2D eigenvalue weighted by Crippen LogP contribution is -2.45. The van der Waals surface area contributed by atoms with E-state index in [1.54, 1.807) is 0 Å². The molecule has 0 unspecified atom stereocenters. The van der Waals surface area contributed by atoms with Crippen LogP contribution in [0.4, 0.5) is 5.82 Å². The molecule has 0 aliphatic carbocycles. The van der Waals surface area contributed by atoms with Crippen LogP contribution >= 0.6 is 12.2 Å². The Morgan fingerprint density at radius 3 is 2.05 bits per heavy atom. The quantitative estimate of drug-likeness (QED) is 0.727. The van der Waals surface area contributed by atoms with Crippen LogP contribution in [0.25, 0.3) is 0 Å². The third-order valence-electron chi connectivity index (χ3n) is 3.18. The minimum absolute atomic E-state index is 0.0667. The predicted molar refractivity (Wildman–Crippen MR) is 85.1 cm³/mol. The summed E-state index contributed by atoms with van der Waals surface area (Å²) >= 11 is 4.89. The summed E-state index contributed by atoms with van der Waals surface area (Å²) in [5.74, 6) is 0.0775. The second-order valence-corrected chi connectivity index (χ2v) is 5.16. The summed E-state index contributed by atoms with van der Waals surface area (Å²) < 4.78 is 2.58. The minimum atomic E-state index is -0.485. The van der Waals surface area contributed by atoms with Gasteiger partial charge in [-0.2, -0.15) is 0 Å². The van der Waals surface area contributed by atoms with Gasteiger partial charge in [0, 0.05) is 13.1 Å². The van der Waals surface area contributed by atoms with Gasteiger partial charge in [-0.1, -0.05) is 38.9 Å². The molecule has 0 aliphatic heterocycles. The van der Waals surface area contributed by atoms with Crippen LogP contribution in [0.3, 0.4) is 0 Å². The average molecular weight is 298 g/mol. The molecule has 0 saturated heterocycles. The summed E-state index contributed by atoms with van der Waals surface area (Å²) in [6.45, 7) is 4.83. The number of thiocarbonyl (C=S) groups is 1. The van der Waals surface area contributed by atoms with Crippen molar-refractivity contribution in [3.63, 3.8) is 0 Å². The van der Waals surface area contributed by atoms with Crippen LogP contribution in [0.2, 0.25) is 0 Å². The van der Waals surface area contributed by atoms with E-state index in [0.717, 1.165) is 25.7 Å². The SMILES string of the molecule is CCCCn1c(N)c(C(N)=S)c(=O)n(CCCC)c1=O. The van der Waals surface area contributed by atoms with E-state index in [0.29, 0.717) is 13.1 Å². The van der Waals surface area contributed by atoms with Crippen molar-refractivity contribution >= 4 is 23.0 Å². The molecule has 20 heavy (non-hydrogen) atoms. The van der Waals surface area contributed by atoms with E-state index in [1.807, 2.05) is 13.8 Å². The number of hydrogen-bond donors (Lipinski definition) is 2. The standard InChI is InChI=1S/C13H22N4O2S/c1-3-5-7-16-10(14)9(11(15)20)12(18)17(13(16)19)8-6-4-2/h3-8,14H2,1-2H3,(H2,15,20). The molecule has 0 saturated carbocycles. The maximum Gasteiger partial charge on any atom is 0.332 e. The molecule has 0 bridgehead atoms. The van der Waals surface area contributed by atoms with Crippen LogP contribution < -0.4 is 22.7 Å². The summed E-state index contributed by atoms with van der Waals surface area (Å²) in [7, 11) is 0. The molecule has 1 aromatic heterocycles. The number of unbranched alkanes of at least 4 members (excludes halogenated alkanes) is 2.